The van der Waals surface area contributed by atoms with E-state index in [1.165, 1.54) is 0 Å². The van der Waals surface area contributed by atoms with Gasteiger partial charge in [-0.3, -0.25) is 20.0 Å². The van der Waals surface area contributed by atoms with E-state index >= 15 is 0 Å². The molecule has 1 aliphatic rings. The van der Waals surface area contributed by atoms with E-state index in [4.69, 9.17) is 16.3 Å². The molecule has 0 saturated carbocycles. The predicted octanol–water partition coefficient (Wildman–Crippen LogP) is 0.214. The molecule has 1 atom stereocenters. The molecule has 18 heavy (non-hydrogen) atoms. The van der Waals surface area contributed by atoms with Crippen LogP contribution in [0.25, 0.3) is 0 Å². The fourth-order valence-electron chi connectivity index (χ4n) is 1.55. The predicted molar refractivity (Wildman–Crippen MR) is 63.6 cm³/mol. The molecule has 96 valence electrons. The molecule has 1 aromatic rings. The van der Waals surface area contributed by atoms with Crippen LogP contribution in [0.5, 0.6) is 0 Å². The molecule has 0 bridgehead atoms. The fourth-order valence-corrected chi connectivity index (χ4v) is 1.76. The van der Waals surface area contributed by atoms with Crippen molar-refractivity contribution in [2.75, 3.05) is 6.61 Å². The number of halogens is 1. The Balaban J connectivity index is 1.77. The lowest BCUT2D eigenvalue weighted by atomic mass is 10.2. The molecule has 0 aliphatic carbocycles. The molecule has 0 radical (unpaired) electrons. The Kier molecular flexibility index (Phi) is 4.11. The van der Waals surface area contributed by atoms with Crippen LogP contribution in [0.15, 0.2) is 18.3 Å². The molecular formula is C11H12ClN3O3. The Labute approximate surface area is 109 Å². The molecule has 1 saturated heterocycles. The molecule has 1 amide bonds. The SMILES string of the molecule is O=C1CC(C(=O)OCCc2ncccc2Cl)NN1. The first kappa shape index (κ1) is 12.8. The zero-order valence-electron chi connectivity index (χ0n) is 9.48. The highest BCUT2D eigenvalue weighted by atomic mass is 35.5. The van der Waals surface area contributed by atoms with Crippen molar-refractivity contribution in [1.29, 1.82) is 0 Å². The Morgan fingerprint density at radius 3 is 3.11 bits per heavy atom. The van der Waals surface area contributed by atoms with Crippen molar-refractivity contribution in [2.45, 2.75) is 18.9 Å². The normalized spacial score (nSPS) is 18.5. The lowest BCUT2D eigenvalue weighted by Gasteiger charge is -2.09. The van der Waals surface area contributed by atoms with E-state index < -0.39 is 12.0 Å². The molecule has 2 rings (SSSR count). The first-order chi connectivity index (χ1) is 8.66. The third-order valence-electron chi connectivity index (χ3n) is 2.48. The van der Waals surface area contributed by atoms with E-state index in [0.29, 0.717) is 17.1 Å². The van der Waals surface area contributed by atoms with Crippen molar-refractivity contribution in [1.82, 2.24) is 15.8 Å². The third kappa shape index (κ3) is 3.18. The lowest BCUT2D eigenvalue weighted by Crippen LogP contribution is -2.37. The standard InChI is InChI=1S/C11H12ClN3O3/c12-7-2-1-4-13-8(7)3-5-18-11(17)9-6-10(16)15-14-9/h1-2,4,9,14H,3,5-6H2,(H,15,16). The first-order valence-electron chi connectivity index (χ1n) is 5.47. The van der Waals surface area contributed by atoms with Gasteiger partial charge in [-0.05, 0) is 12.1 Å². The quantitative estimate of drug-likeness (QED) is 0.764. The number of amides is 1. The number of aromatic nitrogens is 1. The largest absolute Gasteiger partial charge is 0.464 e. The summed E-state index contributed by atoms with van der Waals surface area (Å²) in [4.78, 5) is 26.5. The van der Waals surface area contributed by atoms with Gasteiger partial charge in [0, 0.05) is 12.6 Å². The summed E-state index contributed by atoms with van der Waals surface area (Å²) in [5.41, 5.74) is 5.58. The number of carbonyl (C=O) groups is 2. The first-order valence-corrected chi connectivity index (χ1v) is 5.85. The van der Waals surface area contributed by atoms with Gasteiger partial charge in [0.2, 0.25) is 5.91 Å². The Bertz CT molecular complexity index is 467. The van der Waals surface area contributed by atoms with Gasteiger partial charge in [-0.15, -0.1) is 0 Å². The van der Waals surface area contributed by atoms with Crippen molar-refractivity contribution < 1.29 is 14.3 Å². The van der Waals surface area contributed by atoms with Crippen LogP contribution in [-0.4, -0.2) is 29.5 Å². The minimum atomic E-state index is -0.614. The number of carbonyl (C=O) groups excluding carboxylic acids is 2. The van der Waals surface area contributed by atoms with Crippen molar-refractivity contribution in [2.24, 2.45) is 0 Å². The van der Waals surface area contributed by atoms with Crippen LogP contribution in [0.3, 0.4) is 0 Å². The summed E-state index contributed by atoms with van der Waals surface area (Å²) < 4.78 is 5.04. The zero-order valence-corrected chi connectivity index (χ0v) is 10.2. The number of hydrazine groups is 1. The summed E-state index contributed by atoms with van der Waals surface area (Å²) in [7, 11) is 0. The molecular weight excluding hydrogens is 258 g/mol. The van der Waals surface area contributed by atoms with E-state index in [2.05, 4.69) is 15.8 Å². The van der Waals surface area contributed by atoms with Crippen LogP contribution in [0.1, 0.15) is 12.1 Å². The highest BCUT2D eigenvalue weighted by Crippen LogP contribution is 2.12. The smallest absolute Gasteiger partial charge is 0.325 e. The van der Waals surface area contributed by atoms with Crippen LogP contribution in [-0.2, 0) is 20.7 Å². The average molecular weight is 270 g/mol. The number of nitrogens with zero attached hydrogens (tertiary/aromatic N) is 1. The molecule has 6 nitrogen and oxygen atoms in total. The molecule has 2 N–H and O–H groups in total. The monoisotopic (exact) mass is 269 g/mol. The highest BCUT2D eigenvalue weighted by molar-refractivity contribution is 6.31. The van der Waals surface area contributed by atoms with Crippen LogP contribution in [0.4, 0.5) is 0 Å². The maximum Gasteiger partial charge on any atom is 0.325 e. The number of hydrogen-bond donors (Lipinski definition) is 2. The molecule has 1 aliphatic heterocycles. The average Bonchev–Trinajstić information content (AvgIpc) is 2.78. The Hall–Kier alpha value is -1.66. The van der Waals surface area contributed by atoms with Crippen LogP contribution in [0, 0.1) is 0 Å². The van der Waals surface area contributed by atoms with E-state index in [1.807, 2.05) is 0 Å². The minimum absolute atomic E-state index is 0.100. The topological polar surface area (TPSA) is 80.3 Å². The summed E-state index contributed by atoms with van der Waals surface area (Å²) in [5, 5.41) is 0.546. The Morgan fingerprint density at radius 2 is 2.44 bits per heavy atom. The molecule has 7 heteroatoms. The maximum absolute atomic E-state index is 11.5. The van der Waals surface area contributed by atoms with E-state index in [1.54, 1.807) is 18.3 Å². The van der Waals surface area contributed by atoms with E-state index in [0.717, 1.165) is 0 Å². The summed E-state index contributed by atoms with van der Waals surface area (Å²) in [5.74, 6) is -0.676. The van der Waals surface area contributed by atoms with Crippen LogP contribution >= 0.6 is 11.6 Å². The highest BCUT2D eigenvalue weighted by Gasteiger charge is 2.28. The second-order valence-electron chi connectivity index (χ2n) is 3.80. The molecule has 2 heterocycles. The summed E-state index contributed by atoms with van der Waals surface area (Å²) >= 11 is 5.92. The molecule has 1 unspecified atom stereocenters. The second kappa shape index (κ2) is 5.79. The van der Waals surface area contributed by atoms with Gasteiger partial charge in [0.05, 0.1) is 23.7 Å². The number of rotatable bonds is 4. The zero-order chi connectivity index (χ0) is 13.0. The molecule has 1 fully saturated rings. The number of hydrogen-bond acceptors (Lipinski definition) is 5. The molecule has 0 aromatic carbocycles. The number of esters is 1. The van der Waals surface area contributed by atoms with Gasteiger partial charge >= 0.3 is 5.97 Å². The summed E-state index contributed by atoms with van der Waals surface area (Å²) in [6.45, 7) is 0.182. The van der Waals surface area contributed by atoms with E-state index in [9.17, 15) is 9.59 Å². The minimum Gasteiger partial charge on any atom is -0.464 e. The summed E-state index contributed by atoms with van der Waals surface area (Å²) in [6, 6.07) is 2.85. The van der Waals surface area contributed by atoms with Gasteiger partial charge in [0.25, 0.3) is 0 Å². The van der Waals surface area contributed by atoms with Crippen molar-refractivity contribution in [3.05, 3.63) is 29.0 Å². The van der Waals surface area contributed by atoms with Crippen molar-refractivity contribution >= 4 is 23.5 Å². The van der Waals surface area contributed by atoms with Gasteiger partial charge in [-0.2, -0.15) is 0 Å². The van der Waals surface area contributed by atoms with Gasteiger partial charge in [0.1, 0.15) is 6.04 Å². The fraction of sp³-hybridized carbons (Fsp3) is 0.364. The van der Waals surface area contributed by atoms with Gasteiger partial charge in [-0.1, -0.05) is 11.6 Å². The number of ether oxygens (including phenoxy) is 1. The third-order valence-corrected chi connectivity index (χ3v) is 2.82. The number of pyridine rings is 1. The van der Waals surface area contributed by atoms with Crippen LogP contribution < -0.4 is 10.9 Å². The van der Waals surface area contributed by atoms with Crippen LogP contribution in [0.2, 0.25) is 5.02 Å². The second-order valence-corrected chi connectivity index (χ2v) is 4.21. The molecule has 0 spiro atoms. The van der Waals surface area contributed by atoms with E-state index in [-0.39, 0.29) is 18.9 Å². The summed E-state index contributed by atoms with van der Waals surface area (Å²) in [6.07, 6.45) is 2.17. The number of nitrogens with one attached hydrogen (secondary N) is 2. The Morgan fingerprint density at radius 1 is 1.61 bits per heavy atom. The maximum atomic E-state index is 11.5. The van der Waals surface area contributed by atoms with Gasteiger partial charge in [0.15, 0.2) is 0 Å². The van der Waals surface area contributed by atoms with Gasteiger partial charge in [-0.25, -0.2) is 5.43 Å². The molecule has 1 aromatic heterocycles. The van der Waals surface area contributed by atoms with Gasteiger partial charge < -0.3 is 4.74 Å². The lowest BCUT2D eigenvalue weighted by molar-refractivity contribution is -0.146. The van der Waals surface area contributed by atoms with Crippen molar-refractivity contribution in [3.8, 4) is 0 Å². The van der Waals surface area contributed by atoms with Crippen molar-refractivity contribution in [3.63, 3.8) is 0 Å².